The van der Waals surface area contributed by atoms with Gasteiger partial charge >= 0.3 is 0 Å². The van der Waals surface area contributed by atoms with E-state index in [0.717, 1.165) is 5.56 Å². The third-order valence-corrected chi connectivity index (χ3v) is 4.05. The van der Waals surface area contributed by atoms with Gasteiger partial charge in [0.1, 0.15) is 5.82 Å². The molecule has 1 aromatic carbocycles. The molecule has 0 radical (unpaired) electrons. The summed E-state index contributed by atoms with van der Waals surface area (Å²) in [6.45, 7) is 3.67. The first kappa shape index (κ1) is 16.8. The number of amides is 1. The minimum atomic E-state index is -0.368. The fourth-order valence-corrected chi connectivity index (χ4v) is 2.53. The molecule has 0 fully saturated rings. The first-order chi connectivity index (χ1) is 12.1. The minimum absolute atomic E-state index is 0.184. The van der Waals surface area contributed by atoms with Crippen LogP contribution >= 0.6 is 0 Å². The number of halogens is 1. The summed E-state index contributed by atoms with van der Waals surface area (Å²) in [7, 11) is 0. The number of rotatable bonds is 5. The molecule has 2 aromatic heterocycles. The summed E-state index contributed by atoms with van der Waals surface area (Å²) in [5.41, 5.74) is 1.61. The molecule has 7 heteroatoms. The van der Waals surface area contributed by atoms with Gasteiger partial charge in [0.05, 0.1) is 18.3 Å². The van der Waals surface area contributed by atoms with Crippen molar-refractivity contribution in [2.75, 3.05) is 0 Å². The smallest absolute Gasteiger partial charge is 0.273 e. The van der Waals surface area contributed by atoms with Crippen LogP contribution in [0.25, 0.3) is 0 Å². The van der Waals surface area contributed by atoms with Crippen molar-refractivity contribution in [3.8, 4) is 0 Å². The van der Waals surface area contributed by atoms with Gasteiger partial charge < -0.3 is 5.32 Å². The van der Waals surface area contributed by atoms with E-state index < -0.39 is 0 Å². The molecule has 128 valence electrons. The number of hydrogen-bond acceptors (Lipinski definition) is 4. The Morgan fingerprint density at radius 1 is 1.16 bits per heavy atom. The van der Waals surface area contributed by atoms with Gasteiger partial charge in [-0.15, -0.1) is 5.10 Å². The van der Waals surface area contributed by atoms with Crippen LogP contribution in [0.3, 0.4) is 0 Å². The molecule has 0 saturated carbocycles. The van der Waals surface area contributed by atoms with Crippen LogP contribution in [-0.4, -0.2) is 25.9 Å². The maximum atomic E-state index is 13.9. The molecule has 2 heterocycles. The third-order valence-electron chi connectivity index (χ3n) is 4.05. The summed E-state index contributed by atoms with van der Waals surface area (Å²) >= 11 is 0. The second-order valence-corrected chi connectivity index (χ2v) is 5.76. The Labute approximate surface area is 144 Å². The van der Waals surface area contributed by atoms with E-state index in [1.54, 1.807) is 37.5 Å². The lowest BCUT2D eigenvalue weighted by molar-refractivity contribution is 0.0934. The highest BCUT2D eigenvalue weighted by atomic mass is 19.1. The summed E-state index contributed by atoms with van der Waals surface area (Å²) in [5, 5.41) is 10.7. The van der Waals surface area contributed by atoms with Crippen molar-refractivity contribution >= 4 is 5.91 Å². The molecule has 0 spiro atoms. The number of nitrogens with zero attached hydrogens (tertiary/aromatic N) is 4. The summed E-state index contributed by atoms with van der Waals surface area (Å²) in [5.74, 6) is -0.654. The number of aromatic nitrogens is 4. The van der Waals surface area contributed by atoms with Crippen molar-refractivity contribution in [1.29, 1.82) is 0 Å². The quantitative estimate of drug-likeness (QED) is 0.776. The van der Waals surface area contributed by atoms with Gasteiger partial charge in [0.15, 0.2) is 5.69 Å². The Morgan fingerprint density at radius 2 is 1.88 bits per heavy atom. The lowest BCUT2D eigenvalue weighted by Crippen LogP contribution is -2.27. The molecule has 2 atom stereocenters. The predicted octanol–water partition coefficient (Wildman–Crippen LogP) is 2.91. The van der Waals surface area contributed by atoms with E-state index in [1.165, 1.54) is 16.9 Å². The van der Waals surface area contributed by atoms with E-state index in [0.29, 0.717) is 5.56 Å². The minimum Gasteiger partial charge on any atom is -0.344 e. The summed E-state index contributed by atoms with van der Waals surface area (Å²) < 4.78 is 15.4. The lowest BCUT2D eigenvalue weighted by Gasteiger charge is -2.13. The zero-order chi connectivity index (χ0) is 17.8. The average Bonchev–Trinajstić information content (AvgIpc) is 3.12. The molecule has 0 aliphatic heterocycles. The monoisotopic (exact) mass is 339 g/mol. The standard InChI is InChI=1S/C18H18FN5O/c1-12(14-7-9-20-10-8-14)21-18(25)17-11-24(23-22-17)13(2)15-5-3-4-6-16(15)19/h3-13H,1-2H3,(H,21,25)/t12-,13+/m1/s1. The van der Waals surface area contributed by atoms with Crippen LogP contribution in [0.5, 0.6) is 0 Å². The van der Waals surface area contributed by atoms with Gasteiger partial charge in [0.2, 0.25) is 0 Å². The molecule has 0 saturated heterocycles. The highest BCUT2D eigenvalue weighted by molar-refractivity contribution is 5.92. The largest absolute Gasteiger partial charge is 0.344 e. The summed E-state index contributed by atoms with van der Waals surface area (Å²) in [6, 6.07) is 9.59. The Balaban J connectivity index is 1.73. The zero-order valence-electron chi connectivity index (χ0n) is 13.9. The fourth-order valence-electron chi connectivity index (χ4n) is 2.53. The molecule has 1 amide bonds. The summed E-state index contributed by atoms with van der Waals surface area (Å²) in [6.07, 6.45) is 4.86. The van der Waals surface area contributed by atoms with E-state index >= 15 is 0 Å². The van der Waals surface area contributed by atoms with Gasteiger partial charge in [-0.2, -0.15) is 0 Å². The average molecular weight is 339 g/mol. The maximum absolute atomic E-state index is 13.9. The van der Waals surface area contributed by atoms with Crippen LogP contribution in [0, 0.1) is 5.82 Å². The van der Waals surface area contributed by atoms with Crippen LogP contribution in [0.1, 0.15) is 47.5 Å². The number of nitrogens with one attached hydrogen (secondary N) is 1. The molecule has 1 N–H and O–H groups in total. The Hall–Kier alpha value is -3.09. The van der Waals surface area contributed by atoms with E-state index in [2.05, 4.69) is 20.6 Å². The molecule has 0 aliphatic rings. The number of carbonyl (C=O) groups is 1. The Kier molecular flexibility index (Phi) is 4.83. The van der Waals surface area contributed by atoms with Crippen molar-refractivity contribution < 1.29 is 9.18 Å². The fraction of sp³-hybridized carbons (Fsp3) is 0.222. The van der Waals surface area contributed by atoms with Gasteiger partial charge in [-0.25, -0.2) is 9.07 Å². The zero-order valence-corrected chi connectivity index (χ0v) is 13.9. The third kappa shape index (κ3) is 3.71. The van der Waals surface area contributed by atoms with Gasteiger partial charge in [-0.3, -0.25) is 9.78 Å². The second kappa shape index (κ2) is 7.21. The normalized spacial score (nSPS) is 13.2. The van der Waals surface area contributed by atoms with Gasteiger partial charge in [0.25, 0.3) is 5.91 Å². The van der Waals surface area contributed by atoms with Gasteiger partial charge in [-0.05, 0) is 37.6 Å². The second-order valence-electron chi connectivity index (χ2n) is 5.76. The van der Waals surface area contributed by atoms with Gasteiger partial charge in [-0.1, -0.05) is 23.4 Å². The highest BCUT2D eigenvalue weighted by Crippen LogP contribution is 2.20. The first-order valence-electron chi connectivity index (χ1n) is 7.93. The molecule has 3 aromatic rings. The van der Waals surface area contributed by atoms with Crippen LogP contribution in [0.4, 0.5) is 4.39 Å². The summed E-state index contributed by atoms with van der Waals surface area (Å²) in [4.78, 5) is 16.3. The molecular formula is C18H18FN5O. The molecule has 0 unspecified atom stereocenters. The lowest BCUT2D eigenvalue weighted by atomic mass is 10.1. The van der Waals surface area contributed by atoms with Crippen molar-refractivity contribution in [2.45, 2.75) is 25.9 Å². The van der Waals surface area contributed by atoms with Crippen LogP contribution in [-0.2, 0) is 0 Å². The molecular weight excluding hydrogens is 321 g/mol. The SMILES string of the molecule is C[C@@H](NC(=O)c1cn([C@@H](C)c2ccccc2F)nn1)c1ccncc1. The van der Waals surface area contributed by atoms with Crippen LogP contribution in [0.2, 0.25) is 0 Å². The van der Waals surface area contributed by atoms with Crippen molar-refractivity contribution in [3.05, 3.63) is 77.6 Å². The Bertz CT molecular complexity index is 865. The van der Waals surface area contributed by atoms with E-state index in [4.69, 9.17) is 0 Å². The van der Waals surface area contributed by atoms with E-state index in [9.17, 15) is 9.18 Å². The molecule has 0 aliphatic carbocycles. The van der Waals surface area contributed by atoms with Crippen LogP contribution in [0.15, 0.2) is 55.0 Å². The molecule has 25 heavy (non-hydrogen) atoms. The van der Waals surface area contributed by atoms with Crippen molar-refractivity contribution in [1.82, 2.24) is 25.3 Å². The maximum Gasteiger partial charge on any atom is 0.273 e. The number of benzene rings is 1. The van der Waals surface area contributed by atoms with E-state index in [1.807, 2.05) is 19.1 Å². The number of carbonyl (C=O) groups excluding carboxylic acids is 1. The van der Waals surface area contributed by atoms with Gasteiger partial charge in [0, 0.05) is 18.0 Å². The molecule has 6 nitrogen and oxygen atoms in total. The molecule has 3 rings (SSSR count). The predicted molar refractivity (Wildman–Crippen MR) is 90.4 cm³/mol. The number of hydrogen-bond donors (Lipinski definition) is 1. The Morgan fingerprint density at radius 3 is 2.60 bits per heavy atom. The van der Waals surface area contributed by atoms with Crippen LogP contribution < -0.4 is 5.32 Å². The van der Waals surface area contributed by atoms with Crippen molar-refractivity contribution in [2.24, 2.45) is 0 Å². The first-order valence-corrected chi connectivity index (χ1v) is 7.93. The van der Waals surface area contributed by atoms with E-state index in [-0.39, 0.29) is 29.5 Å². The topological polar surface area (TPSA) is 72.7 Å². The number of pyridine rings is 1. The highest BCUT2D eigenvalue weighted by Gasteiger charge is 2.18. The molecule has 0 bridgehead atoms. The van der Waals surface area contributed by atoms with Crippen molar-refractivity contribution in [3.63, 3.8) is 0 Å².